The van der Waals surface area contributed by atoms with Gasteiger partial charge in [0.2, 0.25) is 0 Å². The monoisotopic (exact) mass is 429 g/mol. The summed E-state index contributed by atoms with van der Waals surface area (Å²) >= 11 is 0. The molecule has 1 atom stereocenters. The number of benzene rings is 2. The number of likely N-dealkylation sites (tertiary alicyclic amines) is 1. The summed E-state index contributed by atoms with van der Waals surface area (Å²) in [5.41, 5.74) is 4.48. The van der Waals surface area contributed by atoms with E-state index in [1.165, 1.54) is 51.0 Å². The second-order valence-electron chi connectivity index (χ2n) is 9.45. The van der Waals surface area contributed by atoms with Gasteiger partial charge in [0, 0.05) is 45.8 Å². The Balaban J connectivity index is 1.12. The Bertz CT molecular complexity index is 1010. The molecule has 0 unspecified atom stereocenters. The number of aromatic nitrogens is 2. The third-order valence-corrected chi connectivity index (χ3v) is 7.07. The Kier molecular flexibility index (Phi) is 6.65. The van der Waals surface area contributed by atoms with Crippen molar-refractivity contribution in [1.29, 1.82) is 0 Å². The number of hydrogen-bond donors (Lipinski definition) is 0. The number of anilines is 1. The zero-order valence-corrected chi connectivity index (χ0v) is 19.3. The fourth-order valence-corrected chi connectivity index (χ4v) is 5.32. The predicted molar refractivity (Wildman–Crippen MR) is 132 cm³/mol. The van der Waals surface area contributed by atoms with Crippen LogP contribution in [0.15, 0.2) is 54.6 Å². The molecular formula is C27H35N5. The molecule has 32 heavy (non-hydrogen) atoms. The summed E-state index contributed by atoms with van der Waals surface area (Å²) in [5.74, 6) is 1.86. The summed E-state index contributed by atoms with van der Waals surface area (Å²) in [6, 6.07) is 19.1. The van der Waals surface area contributed by atoms with Crippen LogP contribution in [0.4, 0.5) is 5.82 Å². The van der Waals surface area contributed by atoms with Crippen LogP contribution in [-0.2, 0) is 6.42 Å². The van der Waals surface area contributed by atoms with Crippen LogP contribution in [0.5, 0.6) is 0 Å². The molecule has 0 bridgehead atoms. The minimum atomic E-state index is 0.799. The normalized spacial score (nSPS) is 20.7. The largest absolute Gasteiger partial charge is 0.353 e. The summed E-state index contributed by atoms with van der Waals surface area (Å²) < 4.78 is 0. The van der Waals surface area contributed by atoms with Crippen molar-refractivity contribution in [3.8, 4) is 0 Å². The first kappa shape index (κ1) is 21.4. The smallest absolute Gasteiger partial charge is 0.150 e. The lowest BCUT2D eigenvalue weighted by Crippen LogP contribution is -2.50. The van der Waals surface area contributed by atoms with Gasteiger partial charge in [-0.3, -0.25) is 4.90 Å². The second-order valence-corrected chi connectivity index (χ2v) is 9.45. The zero-order chi connectivity index (χ0) is 21.8. The van der Waals surface area contributed by atoms with Crippen molar-refractivity contribution in [3.05, 3.63) is 65.9 Å². The molecule has 0 N–H and O–H groups in total. The van der Waals surface area contributed by atoms with Gasteiger partial charge in [0.25, 0.3) is 0 Å². The van der Waals surface area contributed by atoms with Gasteiger partial charge in [0.1, 0.15) is 0 Å². The van der Waals surface area contributed by atoms with Gasteiger partial charge in [-0.05, 0) is 56.3 Å². The molecule has 5 rings (SSSR count). The Morgan fingerprint density at radius 2 is 1.53 bits per heavy atom. The molecular weight excluding hydrogens is 394 g/mol. The maximum atomic E-state index is 4.93. The number of fused-ring (bicyclic) bond motifs is 1. The molecule has 3 heterocycles. The van der Waals surface area contributed by atoms with E-state index in [1.54, 1.807) is 0 Å². The van der Waals surface area contributed by atoms with Crippen LogP contribution in [-0.4, -0.2) is 72.1 Å². The van der Waals surface area contributed by atoms with E-state index in [0.29, 0.717) is 0 Å². The van der Waals surface area contributed by atoms with Crippen LogP contribution in [0.3, 0.4) is 0 Å². The highest BCUT2D eigenvalue weighted by molar-refractivity contribution is 5.76. The highest BCUT2D eigenvalue weighted by Gasteiger charge is 2.25. The third kappa shape index (κ3) is 5.11. The van der Waals surface area contributed by atoms with Crippen LogP contribution in [0.2, 0.25) is 0 Å². The molecule has 2 aromatic carbocycles. The van der Waals surface area contributed by atoms with E-state index in [4.69, 9.17) is 9.97 Å². The topological polar surface area (TPSA) is 35.5 Å². The lowest BCUT2D eigenvalue weighted by molar-refractivity contribution is 0.130. The van der Waals surface area contributed by atoms with Crippen molar-refractivity contribution >= 4 is 16.9 Å². The fourth-order valence-electron chi connectivity index (χ4n) is 5.32. The zero-order valence-electron chi connectivity index (χ0n) is 19.3. The molecule has 2 saturated heterocycles. The van der Waals surface area contributed by atoms with Crippen molar-refractivity contribution in [2.24, 2.45) is 5.92 Å². The van der Waals surface area contributed by atoms with E-state index in [0.717, 1.165) is 54.6 Å². The number of rotatable bonds is 6. The highest BCUT2D eigenvalue weighted by Crippen LogP contribution is 2.23. The quantitative estimate of drug-likeness (QED) is 0.592. The Hall–Kier alpha value is -2.50. The summed E-state index contributed by atoms with van der Waals surface area (Å²) in [7, 11) is 0. The number of aryl methyl sites for hydroxylation is 1. The molecule has 0 aliphatic carbocycles. The highest BCUT2D eigenvalue weighted by atomic mass is 15.3. The van der Waals surface area contributed by atoms with E-state index < -0.39 is 0 Å². The van der Waals surface area contributed by atoms with Gasteiger partial charge >= 0.3 is 0 Å². The maximum Gasteiger partial charge on any atom is 0.150 e. The van der Waals surface area contributed by atoms with Gasteiger partial charge in [0.15, 0.2) is 5.82 Å². The molecule has 2 fully saturated rings. The minimum Gasteiger partial charge on any atom is -0.353 e. The summed E-state index contributed by atoms with van der Waals surface area (Å²) in [5, 5.41) is 0. The van der Waals surface area contributed by atoms with Crippen LogP contribution in [0.1, 0.15) is 24.1 Å². The number of para-hydroxylation sites is 2. The van der Waals surface area contributed by atoms with Crippen molar-refractivity contribution in [2.75, 3.05) is 57.3 Å². The first-order chi connectivity index (χ1) is 15.7. The second kappa shape index (κ2) is 9.97. The van der Waals surface area contributed by atoms with Crippen molar-refractivity contribution in [1.82, 2.24) is 19.8 Å². The molecule has 3 aromatic rings. The number of hydrogen-bond acceptors (Lipinski definition) is 5. The van der Waals surface area contributed by atoms with Crippen LogP contribution < -0.4 is 4.90 Å². The lowest BCUT2D eigenvalue weighted by Gasteiger charge is -2.40. The van der Waals surface area contributed by atoms with Crippen molar-refractivity contribution in [3.63, 3.8) is 0 Å². The molecule has 5 heteroatoms. The SMILES string of the molecule is Cc1nc2ccccc2nc1N1CCN(C[C@@H]2CCCN(CCc3ccccc3)C2)CC1. The maximum absolute atomic E-state index is 4.93. The summed E-state index contributed by atoms with van der Waals surface area (Å²) in [6.45, 7) is 11.3. The van der Waals surface area contributed by atoms with Crippen LogP contribution in [0.25, 0.3) is 11.0 Å². The standard InChI is InChI=1S/C27H35N5/c1-22-27(29-26-12-6-5-11-25(26)28-22)32-18-16-31(17-19-32)21-24-10-7-14-30(20-24)15-13-23-8-3-2-4-9-23/h2-6,8-9,11-12,24H,7,10,13-21H2,1H3/t24-/m1/s1. The molecule has 0 spiro atoms. The fraction of sp³-hybridized carbons (Fsp3) is 0.481. The summed E-state index contributed by atoms with van der Waals surface area (Å²) in [6.07, 6.45) is 3.88. The van der Waals surface area contributed by atoms with E-state index in [-0.39, 0.29) is 0 Å². The molecule has 0 saturated carbocycles. The molecule has 168 valence electrons. The van der Waals surface area contributed by atoms with E-state index in [2.05, 4.69) is 58.0 Å². The summed E-state index contributed by atoms with van der Waals surface area (Å²) in [4.78, 5) is 17.5. The van der Waals surface area contributed by atoms with Gasteiger partial charge < -0.3 is 9.80 Å². The molecule has 1 aromatic heterocycles. The number of piperidine rings is 1. The first-order valence-electron chi connectivity index (χ1n) is 12.2. The first-order valence-corrected chi connectivity index (χ1v) is 12.2. The number of piperazine rings is 1. The molecule has 2 aliphatic rings. The van der Waals surface area contributed by atoms with Gasteiger partial charge in [-0.15, -0.1) is 0 Å². The van der Waals surface area contributed by atoms with E-state index >= 15 is 0 Å². The van der Waals surface area contributed by atoms with Crippen molar-refractivity contribution < 1.29 is 0 Å². The average molecular weight is 430 g/mol. The Morgan fingerprint density at radius 3 is 2.31 bits per heavy atom. The van der Waals surface area contributed by atoms with Crippen LogP contribution in [0, 0.1) is 12.8 Å². The van der Waals surface area contributed by atoms with Gasteiger partial charge in [0.05, 0.1) is 16.7 Å². The van der Waals surface area contributed by atoms with E-state index in [9.17, 15) is 0 Å². The van der Waals surface area contributed by atoms with Gasteiger partial charge in [-0.2, -0.15) is 0 Å². The minimum absolute atomic E-state index is 0.799. The van der Waals surface area contributed by atoms with Gasteiger partial charge in [-0.1, -0.05) is 42.5 Å². The third-order valence-electron chi connectivity index (χ3n) is 7.07. The van der Waals surface area contributed by atoms with Crippen molar-refractivity contribution in [2.45, 2.75) is 26.2 Å². The molecule has 5 nitrogen and oxygen atoms in total. The van der Waals surface area contributed by atoms with Gasteiger partial charge in [-0.25, -0.2) is 9.97 Å². The Morgan fingerprint density at radius 1 is 0.812 bits per heavy atom. The predicted octanol–water partition coefficient (Wildman–Crippen LogP) is 4.01. The molecule has 2 aliphatic heterocycles. The lowest BCUT2D eigenvalue weighted by atomic mass is 9.96. The average Bonchev–Trinajstić information content (AvgIpc) is 2.84. The molecule has 0 amide bonds. The van der Waals surface area contributed by atoms with E-state index in [1.807, 2.05) is 18.2 Å². The number of nitrogens with zero attached hydrogens (tertiary/aromatic N) is 5. The van der Waals surface area contributed by atoms with Crippen LogP contribution >= 0.6 is 0 Å². The molecule has 0 radical (unpaired) electrons. The Labute approximate surface area is 192 Å².